The molecule has 0 saturated heterocycles. The molecule has 2 atom stereocenters. The molecule has 0 heterocycles. The number of carbonyl (C=O) groups excluding carboxylic acids is 1. The molecule has 0 amide bonds. The predicted octanol–water partition coefficient (Wildman–Crippen LogP) is 3.57. The molecule has 23 heavy (non-hydrogen) atoms. The van der Waals surface area contributed by atoms with E-state index in [2.05, 4.69) is 12.1 Å². The van der Waals surface area contributed by atoms with Crippen LogP contribution in [0.25, 0.3) is 0 Å². The second-order valence-corrected chi connectivity index (χ2v) is 8.81. The van der Waals surface area contributed by atoms with Gasteiger partial charge in [-0.3, -0.25) is 4.79 Å². The average Bonchev–Trinajstić information content (AvgIpc) is 2.52. The molecule has 0 spiro atoms. The molecule has 0 radical (unpaired) electrons. The van der Waals surface area contributed by atoms with E-state index in [1.807, 2.05) is 32.0 Å². The van der Waals surface area contributed by atoms with Crippen molar-refractivity contribution in [3.8, 4) is 0 Å². The first kappa shape index (κ1) is 15.9. The number of hydrogen-bond donors (Lipinski definition) is 0. The quantitative estimate of drug-likeness (QED) is 0.865. The van der Waals surface area contributed by atoms with E-state index in [1.54, 1.807) is 24.3 Å². The molecule has 4 heteroatoms. The van der Waals surface area contributed by atoms with Crippen LogP contribution in [0.2, 0.25) is 0 Å². The van der Waals surface area contributed by atoms with Crippen LogP contribution < -0.4 is 0 Å². The first-order valence-electron chi connectivity index (χ1n) is 7.62. The first-order chi connectivity index (χ1) is 10.7. The van der Waals surface area contributed by atoms with Gasteiger partial charge in [-0.1, -0.05) is 56.3 Å². The number of hydrogen-bond acceptors (Lipinski definition) is 3. The molecule has 0 unspecified atom stereocenters. The Morgan fingerprint density at radius 2 is 1.43 bits per heavy atom. The second kappa shape index (κ2) is 5.31. The van der Waals surface area contributed by atoms with Crippen molar-refractivity contribution >= 4 is 15.6 Å². The monoisotopic (exact) mass is 328 g/mol. The predicted molar refractivity (Wildman–Crippen MR) is 90.3 cm³/mol. The Morgan fingerprint density at radius 3 is 1.96 bits per heavy atom. The fourth-order valence-corrected chi connectivity index (χ4v) is 4.19. The second-order valence-electron chi connectivity index (χ2n) is 6.79. The van der Waals surface area contributed by atoms with Crippen LogP contribution in [0.1, 0.15) is 36.8 Å². The number of Topliss-reactive ketones (excluding diaryl/α,β-unsaturated/α-hetero) is 1. The highest BCUT2D eigenvalue weighted by Crippen LogP contribution is 2.58. The SMILES string of the molecule is CC1(C)C(=O)[C@H](c2ccc(S(C)(=O)=O)cc2)[C@H]1c1ccccc1. The van der Waals surface area contributed by atoms with Gasteiger partial charge in [0.2, 0.25) is 0 Å². The normalized spacial score (nSPS) is 23.3. The van der Waals surface area contributed by atoms with Gasteiger partial charge in [0.25, 0.3) is 0 Å². The highest BCUT2D eigenvalue weighted by atomic mass is 32.2. The van der Waals surface area contributed by atoms with Gasteiger partial charge in [-0.2, -0.15) is 0 Å². The maximum absolute atomic E-state index is 12.6. The van der Waals surface area contributed by atoms with E-state index in [4.69, 9.17) is 0 Å². The van der Waals surface area contributed by atoms with Crippen molar-refractivity contribution < 1.29 is 13.2 Å². The van der Waals surface area contributed by atoms with E-state index in [0.717, 1.165) is 11.1 Å². The summed E-state index contributed by atoms with van der Waals surface area (Å²) in [6.45, 7) is 3.96. The average molecular weight is 328 g/mol. The van der Waals surface area contributed by atoms with Crippen molar-refractivity contribution in [2.75, 3.05) is 6.26 Å². The molecular formula is C19H20O3S. The smallest absolute Gasteiger partial charge is 0.175 e. The van der Waals surface area contributed by atoms with Crippen molar-refractivity contribution in [1.29, 1.82) is 0 Å². The summed E-state index contributed by atoms with van der Waals surface area (Å²) in [7, 11) is -3.22. The zero-order valence-electron chi connectivity index (χ0n) is 13.5. The van der Waals surface area contributed by atoms with Crippen molar-refractivity contribution in [1.82, 2.24) is 0 Å². The van der Waals surface area contributed by atoms with Crippen LogP contribution in [0, 0.1) is 5.41 Å². The topological polar surface area (TPSA) is 51.2 Å². The van der Waals surface area contributed by atoms with E-state index in [-0.39, 0.29) is 22.5 Å². The Balaban J connectivity index is 2.00. The molecule has 3 nitrogen and oxygen atoms in total. The van der Waals surface area contributed by atoms with Crippen LogP contribution in [-0.4, -0.2) is 20.5 Å². The van der Waals surface area contributed by atoms with Gasteiger partial charge in [0.05, 0.1) is 10.8 Å². The molecule has 3 rings (SSSR count). The van der Waals surface area contributed by atoms with Gasteiger partial charge in [0.15, 0.2) is 9.84 Å². The standard InChI is InChI=1S/C19H20O3S/c1-19(2)17(14-7-5-4-6-8-14)16(18(19)20)13-9-11-15(12-10-13)23(3,21)22/h4-12,16-17H,1-3H3/t16-,17-/m1/s1. The summed E-state index contributed by atoms with van der Waals surface area (Å²) in [5.74, 6) is 0.111. The van der Waals surface area contributed by atoms with Gasteiger partial charge < -0.3 is 0 Å². The van der Waals surface area contributed by atoms with Crippen molar-refractivity contribution in [2.45, 2.75) is 30.6 Å². The molecule has 1 aliphatic carbocycles. The summed E-state index contributed by atoms with van der Waals surface area (Å²) in [5.41, 5.74) is 1.63. The van der Waals surface area contributed by atoms with Crippen LogP contribution >= 0.6 is 0 Å². The summed E-state index contributed by atoms with van der Waals surface area (Å²) >= 11 is 0. The number of carbonyl (C=O) groups is 1. The summed E-state index contributed by atoms with van der Waals surface area (Å²) in [5, 5.41) is 0. The number of rotatable bonds is 3. The van der Waals surface area contributed by atoms with Crippen LogP contribution in [0.5, 0.6) is 0 Å². The number of sulfone groups is 1. The molecule has 2 aromatic rings. The van der Waals surface area contributed by atoms with Crippen LogP contribution in [-0.2, 0) is 14.6 Å². The highest BCUT2D eigenvalue weighted by Gasteiger charge is 2.56. The minimum atomic E-state index is -3.22. The van der Waals surface area contributed by atoms with E-state index < -0.39 is 15.3 Å². The van der Waals surface area contributed by atoms with Crippen molar-refractivity contribution in [2.24, 2.45) is 5.41 Å². The summed E-state index contributed by atoms with van der Waals surface area (Å²) in [4.78, 5) is 12.9. The number of benzene rings is 2. The Labute approximate surface area is 137 Å². The zero-order valence-corrected chi connectivity index (χ0v) is 14.3. The zero-order chi connectivity index (χ0) is 16.8. The lowest BCUT2D eigenvalue weighted by atomic mass is 9.51. The molecule has 0 bridgehead atoms. The molecule has 1 saturated carbocycles. The van der Waals surface area contributed by atoms with E-state index in [1.165, 1.54) is 6.26 Å². The Morgan fingerprint density at radius 1 is 0.870 bits per heavy atom. The molecule has 1 fully saturated rings. The van der Waals surface area contributed by atoms with Crippen LogP contribution in [0.4, 0.5) is 0 Å². The Bertz CT molecular complexity index is 834. The maximum atomic E-state index is 12.6. The minimum absolute atomic E-state index is 0.111. The minimum Gasteiger partial charge on any atom is -0.298 e. The lowest BCUT2D eigenvalue weighted by molar-refractivity contribution is -0.141. The number of ketones is 1. The first-order valence-corrected chi connectivity index (χ1v) is 9.51. The largest absolute Gasteiger partial charge is 0.298 e. The molecule has 120 valence electrons. The van der Waals surface area contributed by atoms with Gasteiger partial charge in [0, 0.05) is 17.6 Å². The van der Waals surface area contributed by atoms with Gasteiger partial charge in [0.1, 0.15) is 5.78 Å². The fourth-order valence-electron chi connectivity index (χ4n) is 3.56. The van der Waals surface area contributed by atoms with Crippen molar-refractivity contribution in [3.63, 3.8) is 0 Å². The van der Waals surface area contributed by atoms with Gasteiger partial charge >= 0.3 is 0 Å². The molecule has 0 aliphatic heterocycles. The van der Waals surface area contributed by atoms with E-state index in [0.29, 0.717) is 0 Å². The van der Waals surface area contributed by atoms with Crippen LogP contribution in [0.15, 0.2) is 59.5 Å². The highest BCUT2D eigenvalue weighted by molar-refractivity contribution is 7.90. The molecule has 0 aromatic heterocycles. The van der Waals surface area contributed by atoms with E-state index in [9.17, 15) is 13.2 Å². The molecule has 1 aliphatic rings. The third-order valence-electron chi connectivity index (χ3n) is 4.85. The van der Waals surface area contributed by atoms with Gasteiger partial charge in [-0.05, 0) is 23.3 Å². The molecular weight excluding hydrogens is 308 g/mol. The maximum Gasteiger partial charge on any atom is 0.175 e. The van der Waals surface area contributed by atoms with Crippen molar-refractivity contribution in [3.05, 3.63) is 65.7 Å². The summed E-state index contributed by atoms with van der Waals surface area (Å²) < 4.78 is 23.2. The Kier molecular flexibility index (Phi) is 3.68. The summed E-state index contributed by atoms with van der Waals surface area (Å²) in [6.07, 6.45) is 1.19. The van der Waals surface area contributed by atoms with Gasteiger partial charge in [-0.25, -0.2) is 8.42 Å². The fraction of sp³-hybridized carbons (Fsp3) is 0.316. The summed E-state index contributed by atoms with van der Waals surface area (Å²) in [6, 6.07) is 16.8. The lowest BCUT2D eigenvalue weighted by Crippen LogP contribution is -2.50. The third kappa shape index (κ3) is 2.61. The lowest BCUT2D eigenvalue weighted by Gasteiger charge is -2.50. The molecule has 2 aromatic carbocycles. The van der Waals surface area contributed by atoms with E-state index >= 15 is 0 Å². The third-order valence-corrected chi connectivity index (χ3v) is 5.98. The van der Waals surface area contributed by atoms with Gasteiger partial charge in [-0.15, -0.1) is 0 Å². The van der Waals surface area contributed by atoms with Crippen LogP contribution in [0.3, 0.4) is 0 Å². The molecule has 0 N–H and O–H groups in total. The Hall–Kier alpha value is -1.94.